The fourth-order valence-electron chi connectivity index (χ4n) is 0. The highest BCUT2D eigenvalue weighted by atomic mass is 15.0. The third kappa shape index (κ3) is 231. The minimum absolute atomic E-state index is 1.25. The van der Waals surface area contributed by atoms with Crippen molar-refractivity contribution in [3.63, 3.8) is 0 Å². The molecular weight excluding hydrogens is 80.0 g/mol. The Morgan fingerprint density at radius 1 is 1.33 bits per heavy atom. The van der Waals surface area contributed by atoms with Gasteiger partial charge in [-0.1, -0.05) is 0 Å². The summed E-state index contributed by atoms with van der Waals surface area (Å²) in [5.74, 6) is 0. The van der Waals surface area contributed by atoms with E-state index in [1.807, 2.05) is 4.91 Å². The average molecular weight is 87.1 g/mol. The molecule has 0 aromatic heterocycles. The molecule has 4 nitrogen and oxygen atoms in total. The molecule has 1 aliphatic heterocycles. The molecule has 0 spiro atoms. The zero-order chi connectivity index (χ0) is 4.83. The van der Waals surface area contributed by atoms with Crippen LogP contribution in [0.5, 0.6) is 0 Å². The van der Waals surface area contributed by atoms with E-state index in [-0.39, 0.29) is 0 Å². The summed E-state index contributed by atoms with van der Waals surface area (Å²) >= 11 is 0. The number of nitrogens with zero attached hydrogens (tertiary/aromatic N) is 1. The summed E-state index contributed by atoms with van der Waals surface area (Å²) in [6.07, 6.45) is 0. The first-order valence-electron chi connectivity index (χ1n) is 1.65. The summed E-state index contributed by atoms with van der Waals surface area (Å²) in [7, 11) is 0. The van der Waals surface area contributed by atoms with Crippen LogP contribution in [0.2, 0.25) is 0 Å². The Bertz CT molecular complexity index is 47.8. The number of rotatable bonds is 0. The third-order valence-electron chi connectivity index (χ3n) is 0.250. The molecule has 1 heterocycles. The van der Waals surface area contributed by atoms with Crippen LogP contribution in [0.15, 0.2) is 0 Å². The van der Waals surface area contributed by atoms with Gasteiger partial charge in [0.25, 0.3) is 0 Å². The molecule has 0 atom stereocenters. The van der Waals surface area contributed by atoms with E-state index in [1.165, 1.54) is 13.1 Å². The molecule has 0 saturated carbocycles. The molecule has 3 N–H and O–H groups in total. The molecule has 0 aromatic carbocycles. The minimum Gasteiger partial charge on any atom is -0.314 e. The van der Waals surface area contributed by atoms with Crippen molar-refractivity contribution >= 4 is 0 Å². The van der Waals surface area contributed by atoms with Crippen LogP contribution >= 0.6 is 0 Å². The van der Waals surface area contributed by atoms with Crippen LogP contribution in [0.3, 0.4) is 0 Å². The zero-order valence-corrected chi connectivity index (χ0v) is 3.36. The molecule has 0 amide bonds. The molecule has 4 heteroatoms. The Labute approximate surface area is 35.6 Å². The first-order chi connectivity index (χ1) is 2.91. The Morgan fingerprint density at radius 3 is 1.50 bits per heavy atom. The summed E-state index contributed by atoms with van der Waals surface area (Å²) in [5.41, 5.74) is 11.0. The van der Waals surface area contributed by atoms with E-state index >= 15 is 0 Å². The van der Waals surface area contributed by atoms with E-state index in [0.717, 1.165) is 0 Å². The maximum Gasteiger partial charge on any atom is 0.211 e. The van der Waals surface area contributed by atoms with Crippen molar-refractivity contribution in [1.29, 1.82) is 11.1 Å². The van der Waals surface area contributed by atoms with Gasteiger partial charge in [-0.05, 0) is 0 Å². The summed E-state index contributed by atoms with van der Waals surface area (Å²) in [5, 5.41) is 3.00. The number of hydrogen-bond acceptors (Lipinski definition) is 3. The topological polar surface area (TPSA) is 83.7 Å². The Balaban J connectivity index is 0.0000000833. The van der Waals surface area contributed by atoms with Gasteiger partial charge in [-0.2, -0.15) is 0 Å². The van der Waals surface area contributed by atoms with Gasteiger partial charge in [0.2, 0.25) is 4.91 Å². The van der Waals surface area contributed by atoms with Gasteiger partial charge in [-0.15, -0.1) is 0 Å². The quantitative estimate of drug-likeness (QED) is 0.211. The maximum absolute atomic E-state index is 5.50. The van der Waals surface area contributed by atoms with Crippen LogP contribution in [0, 0.1) is 11.1 Å². The van der Waals surface area contributed by atoms with E-state index in [9.17, 15) is 0 Å². The molecule has 6 heavy (non-hydrogen) atoms. The monoisotopic (exact) mass is 87.1 g/mol. The van der Waals surface area contributed by atoms with Crippen molar-refractivity contribution in [3.05, 3.63) is 0 Å². The van der Waals surface area contributed by atoms with Gasteiger partial charge in [0, 0.05) is 13.1 Å². The fraction of sp³-hybridized carbons (Fsp3) is 1.00. The predicted molar refractivity (Wildman–Crippen MR) is 20.4 cm³/mol. The predicted octanol–water partition coefficient (Wildman–Crippen LogP) is -0.295. The SMILES string of the molecule is C1CN1.N=[N+]=N. The first kappa shape index (κ1) is 5.27. The third-order valence-corrected chi connectivity index (χ3v) is 0.250. The molecule has 0 bridgehead atoms. The van der Waals surface area contributed by atoms with Crippen LogP contribution in [0.1, 0.15) is 0 Å². The molecule has 1 rings (SSSR count). The van der Waals surface area contributed by atoms with Gasteiger partial charge in [-0.25, -0.2) is 0 Å². The summed E-state index contributed by atoms with van der Waals surface area (Å²) in [6.45, 7) is 2.50. The lowest BCUT2D eigenvalue weighted by Crippen LogP contribution is -1.56. The largest absolute Gasteiger partial charge is 0.314 e. The molecule has 0 aliphatic carbocycles. The lowest BCUT2D eigenvalue weighted by molar-refractivity contribution is 0.928. The smallest absolute Gasteiger partial charge is 0.211 e. The van der Waals surface area contributed by atoms with Crippen LogP contribution in [-0.4, -0.2) is 13.1 Å². The molecule has 0 aromatic rings. The van der Waals surface area contributed by atoms with Gasteiger partial charge in [0.1, 0.15) is 11.1 Å². The lowest BCUT2D eigenvalue weighted by atomic mass is 11.0. The van der Waals surface area contributed by atoms with E-state index in [2.05, 4.69) is 5.32 Å². The Hall–Kier alpha value is -0.730. The fourth-order valence-corrected chi connectivity index (χ4v) is 0. The highest BCUT2D eigenvalue weighted by Crippen LogP contribution is 1.65. The maximum atomic E-state index is 5.50. The molecule has 1 saturated heterocycles. The van der Waals surface area contributed by atoms with Crippen molar-refractivity contribution in [2.75, 3.05) is 13.1 Å². The number of hydrogen-bond donors (Lipinski definition) is 3. The molecule has 34 valence electrons. The summed E-state index contributed by atoms with van der Waals surface area (Å²) in [4.78, 5) is 2.00. The highest BCUT2D eigenvalue weighted by molar-refractivity contribution is 4.58. The molecule has 0 radical (unpaired) electrons. The van der Waals surface area contributed by atoms with Crippen LogP contribution in [-0.2, 0) is 0 Å². The second kappa shape index (κ2) is 4.27. The van der Waals surface area contributed by atoms with E-state index < -0.39 is 0 Å². The molecule has 1 fully saturated rings. The zero-order valence-electron chi connectivity index (χ0n) is 3.36. The van der Waals surface area contributed by atoms with Gasteiger partial charge < -0.3 is 5.32 Å². The van der Waals surface area contributed by atoms with Crippen molar-refractivity contribution in [2.45, 2.75) is 0 Å². The minimum atomic E-state index is 1.25. The Morgan fingerprint density at radius 2 is 1.50 bits per heavy atom. The van der Waals surface area contributed by atoms with Crippen LogP contribution < -0.4 is 10.2 Å². The van der Waals surface area contributed by atoms with Crippen molar-refractivity contribution in [1.82, 2.24) is 10.2 Å². The van der Waals surface area contributed by atoms with E-state index in [0.29, 0.717) is 0 Å². The standard InChI is InChI=1S/C2H5N.H2N3/c1-2-3-1;1-3-2/h3H,1-2H2;1-2H/q;+1. The molecule has 1 aliphatic rings. The summed E-state index contributed by atoms with van der Waals surface area (Å²) < 4.78 is 0. The van der Waals surface area contributed by atoms with E-state index in [4.69, 9.17) is 11.1 Å². The second-order valence-electron chi connectivity index (χ2n) is 0.862. The van der Waals surface area contributed by atoms with Crippen LogP contribution in [0.25, 0.3) is 0 Å². The first-order valence-corrected chi connectivity index (χ1v) is 1.65. The van der Waals surface area contributed by atoms with E-state index in [1.54, 1.807) is 0 Å². The van der Waals surface area contributed by atoms with Gasteiger partial charge in [-0.3, -0.25) is 0 Å². The van der Waals surface area contributed by atoms with Crippen molar-refractivity contribution in [3.8, 4) is 0 Å². The summed E-state index contributed by atoms with van der Waals surface area (Å²) in [6, 6.07) is 0. The molecular formula is C2H7N4+. The van der Waals surface area contributed by atoms with Crippen molar-refractivity contribution < 1.29 is 0 Å². The Kier molecular flexibility index (Phi) is 3.75. The average Bonchev–Trinajstić information content (AvgIpc) is 2.11. The van der Waals surface area contributed by atoms with Gasteiger partial charge >= 0.3 is 0 Å². The lowest BCUT2D eigenvalue weighted by Gasteiger charge is -1.21. The number of nitrogens with one attached hydrogen (secondary N) is 3. The van der Waals surface area contributed by atoms with Crippen molar-refractivity contribution in [2.24, 2.45) is 0 Å². The normalized spacial score (nSPS) is 13.3. The highest BCUT2D eigenvalue weighted by Gasteiger charge is 1.91. The van der Waals surface area contributed by atoms with Gasteiger partial charge in [0.05, 0.1) is 0 Å². The van der Waals surface area contributed by atoms with Gasteiger partial charge in [0.15, 0.2) is 0 Å². The second-order valence-corrected chi connectivity index (χ2v) is 0.862. The van der Waals surface area contributed by atoms with Crippen LogP contribution in [0.4, 0.5) is 0 Å². The molecule has 0 unspecified atom stereocenters.